The van der Waals surface area contributed by atoms with Crippen LogP contribution in [0.15, 0.2) is 42.5 Å². The summed E-state index contributed by atoms with van der Waals surface area (Å²) in [5.41, 5.74) is 2.33. The molecule has 0 saturated carbocycles. The Morgan fingerprint density at radius 1 is 1.10 bits per heavy atom. The molecular weight excluding hydrogens is 404 g/mol. The van der Waals surface area contributed by atoms with Gasteiger partial charge in [-0.25, -0.2) is 8.42 Å². The molecule has 7 nitrogen and oxygen atoms in total. The molecule has 0 spiro atoms. The van der Waals surface area contributed by atoms with Gasteiger partial charge in [-0.2, -0.15) is 0 Å². The highest BCUT2D eigenvalue weighted by atomic mass is 32.2. The van der Waals surface area contributed by atoms with E-state index in [0.29, 0.717) is 36.8 Å². The second-order valence-corrected chi connectivity index (χ2v) is 9.31. The fraction of sp³-hybridized carbons (Fsp3) is 0.409. The largest absolute Gasteiger partial charge is 0.486 e. The van der Waals surface area contributed by atoms with Crippen LogP contribution in [0, 0.1) is 6.92 Å². The number of aryl methyl sites for hydroxylation is 1. The van der Waals surface area contributed by atoms with Crippen molar-refractivity contribution < 1.29 is 22.7 Å². The lowest BCUT2D eigenvalue weighted by molar-refractivity contribution is -0.122. The maximum Gasteiger partial charge on any atom is 0.244 e. The van der Waals surface area contributed by atoms with Crippen molar-refractivity contribution in [1.29, 1.82) is 0 Å². The fourth-order valence-electron chi connectivity index (χ4n) is 3.47. The predicted molar refractivity (Wildman–Crippen MR) is 117 cm³/mol. The van der Waals surface area contributed by atoms with E-state index in [0.717, 1.165) is 17.4 Å². The van der Waals surface area contributed by atoms with Crippen molar-refractivity contribution in [3.05, 3.63) is 53.6 Å². The topological polar surface area (TPSA) is 84.9 Å². The zero-order chi connectivity index (χ0) is 21.9. The van der Waals surface area contributed by atoms with Crippen molar-refractivity contribution in [3.8, 4) is 11.5 Å². The van der Waals surface area contributed by atoms with Gasteiger partial charge >= 0.3 is 0 Å². The van der Waals surface area contributed by atoms with E-state index in [1.54, 1.807) is 19.1 Å². The Kier molecular flexibility index (Phi) is 6.55. The van der Waals surface area contributed by atoms with Crippen molar-refractivity contribution in [2.45, 2.75) is 39.3 Å². The quantitative estimate of drug-likeness (QED) is 0.726. The molecule has 0 radical (unpaired) electrons. The molecule has 0 aliphatic carbocycles. The van der Waals surface area contributed by atoms with Gasteiger partial charge in [0.15, 0.2) is 11.5 Å². The van der Waals surface area contributed by atoms with E-state index in [4.69, 9.17) is 9.47 Å². The number of benzene rings is 2. The van der Waals surface area contributed by atoms with Crippen LogP contribution in [0.2, 0.25) is 0 Å². The molecule has 8 heteroatoms. The molecule has 0 saturated heterocycles. The van der Waals surface area contributed by atoms with Crippen LogP contribution >= 0.6 is 0 Å². The lowest BCUT2D eigenvalue weighted by atomic mass is 10.1. The minimum atomic E-state index is -3.66. The van der Waals surface area contributed by atoms with E-state index in [-0.39, 0.29) is 11.9 Å². The molecule has 0 aromatic heterocycles. The summed E-state index contributed by atoms with van der Waals surface area (Å²) in [6, 6.07) is 11.4. The molecule has 2 aromatic rings. The third-order valence-electron chi connectivity index (χ3n) is 5.04. The van der Waals surface area contributed by atoms with Gasteiger partial charge in [0.1, 0.15) is 19.3 Å². The van der Waals surface area contributed by atoms with Crippen molar-refractivity contribution in [1.82, 2.24) is 5.32 Å². The van der Waals surface area contributed by atoms with Gasteiger partial charge < -0.3 is 14.8 Å². The highest BCUT2D eigenvalue weighted by molar-refractivity contribution is 7.92. The molecule has 1 heterocycles. The van der Waals surface area contributed by atoms with Gasteiger partial charge in [-0.15, -0.1) is 0 Å². The fourth-order valence-corrected chi connectivity index (χ4v) is 4.69. The van der Waals surface area contributed by atoms with Crippen LogP contribution in [0.25, 0.3) is 0 Å². The molecule has 1 aliphatic heterocycles. The number of amides is 1. The van der Waals surface area contributed by atoms with Crippen LogP contribution in [0.1, 0.15) is 37.4 Å². The van der Waals surface area contributed by atoms with Gasteiger partial charge in [0.25, 0.3) is 0 Å². The van der Waals surface area contributed by atoms with E-state index < -0.39 is 16.1 Å². The minimum Gasteiger partial charge on any atom is -0.486 e. The molecular formula is C22H28N2O5S. The number of anilines is 1. The Balaban J connectivity index is 1.82. The van der Waals surface area contributed by atoms with Crippen molar-refractivity contribution in [2.24, 2.45) is 0 Å². The van der Waals surface area contributed by atoms with Crippen molar-refractivity contribution in [3.63, 3.8) is 0 Å². The van der Waals surface area contributed by atoms with Gasteiger partial charge in [0.05, 0.1) is 18.0 Å². The number of sulfonamides is 1. The van der Waals surface area contributed by atoms with Crippen molar-refractivity contribution >= 4 is 21.6 Å². The lowest BCUT2D eigenvalue weighted by Crippen LogP contribution is -2.49. The second-order valence-electron chi connectivity index (χ2n) is 7.45. The third-order valence-corrected chi connectivity index (χ3v) is 6.22. The molecule has 0 unspecified atom stereocenters. The molecule has 0 fully saturated rings. The van der Waals surface area contributed by atoms with Gasteiger partial charge in [-0.1, -0.05) is 30.7 Å². The van der Waals surface area contributed by atoms with Crippen LogP contribution in [0.5, 0.6) is 11.5 Å². The summed E-state index contributed by atoms with van der Waals surface area (Å²) in [6.07, 6.45) is 1.45. The van der Waals surface area contributed by atoms with Gasteiger partial charge in [-0.05, 0) is 50.1 Å². The first-order valence-corrected chi connectivity index (χ1v) is 11.8. The maximum atomic E-state index is 13.1. The Morgan fingerprint density at radius 3 is 2.33 bits per heavy atom. The van der Waals surface area contributed by atoms with E-state index in [1.807, 2.05) is 44.2 Å². The van der Waals surface area contributed by atoms with E-state index in [2.05, 4.69) is 5.32 Å². The minimum absolute atomic E-state index is 0.332. The molecule has 2 aromatic carbocycles. The average Bonchev–Trinajstić information content (AvgIpc) is 2.71. The Hall–Kier alpha value is -2.74. The number of nitrogens with one attached hydrogen (secondary N) is 1. The summed E-state index contributed by atoms with van der Waals surface area (Å²) in [5.74, 6) is 0.966. The number of hydrogen-bond acceptors (Lipinski definition) is 5. The first kappa shape index (κ1) is 22.0. The Labute approximate surface area is 178 Å². The van der Waals surface area contributed by atoms with Crippen LogP contribution < -0.4 is 19.1 Å². The first-order chi connectivity index (χ1) is 14.2. The molecule has 162 valence electrons. The Bertz CT molecular complexity index is 1000. The highest BCUT2D eigenvalue weighted by Gasteiger charge is 2.32. The number of hydrogen-bond donors (Lipinski definition) is 1. The number of fused-ring (bicyclic) bond motifs is 1. The van der Waals surface area contributed by atoms with Crippen LogP contribution in [-0.4, -0.2) is 39.8 Å². The number of nitrogens with zero attached hydrogens (tertiary/aromatic N) is 1. The zero-order valence-corrected chi connectivity index (χ0v) is 18.5. The summed E-state index contributed by atoms with van der Waals surface area (Å²) < 4.78 is 37.4. The van der Waals surface area contributed by atoms with E-state index >= 15 is 0 Å². The smallest absolute Gasteiger partial charge is 0.244 e. The summed E-state index contributed by atoms with van der Waals surface area (Å²) in [7, 11) is -3.66. The van der Waals surface area contributed by atoms with Crippen molar-refractivity contribution in [2.75, 3.05) is 23.8 Å². The van der Waals surface area contributed by atoms with Crippen LogP contribution in [0.4, 0.5) is 5.69 Å². The zero-order valence-electron chi connectivity index (χ0n) is 17.7. The second kappa shape index (κ2) is 8.95. The first-order valence-electron chi connectivity index (χ1n) is 9.96. The van der Waals surface area contributed by atoms with Crippen LogP contribution in [0.3, 0.4) is 0 Å². The summed E-state index contributed by atoms with van der Waals surface area (Å²) >= 11 is 0. The predicted octanol–water partition coefficient (Wildman–Crippen LogP) is 3.19. The SMILES string of the molecule is CC[C@@H](C(=O)N[C@H](C)c1ccc2c(c1)OCCO2)N(c1ccc(C)cc1)S(C)(=O)=O. The molecule has 1 N–H and O–H groups in total. The molecule has 2 atom stereocenters. The number of rotatable bonds is 7. The maximum absolute atomic E-state index is 13.1. The molecule has 3 rings (SSSR count). The number of carbonyl (C=O) groups is 1. The van der Waals surface area contributed by atoms with E-state index in [9.17, 15) is 13.2 Å². The molecule has 1 amide bonds. The van der Waals surface area contributed by atoms with Gasteiger partial charge in [0.2, 0.25) is 15.9 Å². The summed E-state index contributed by atoms with van der Waals surface area (Å²) in [4.78, 5) is 13.1. The monoisotopic (exact) mass is 432 g/mol. The summed E-state index contributed by atoms with van der Waals surface area (Å²) in [6.45, 7) is 6.57. The summed E-state index contributed by atoms with van der Waals surface area (Å²) in [5, 5.41) is 2.95. The third kappa shape index (κ3) is 4.87. The number of carbonyl (C=O) groups excluding carboxylic acids is 1. The Morgan fingerprint density at radius 2 is 1.73 bits per heavy atom. The van der Waals surface area contributed by atoms with Crippen LogP contribution in [-0.2, 0) is 14.8 Å². The average molecular weight is 433 g/mol. The molecule has 30 heavy (non-hydrogen) atoms. The van der Waals surface area contributed by atoms with Gasteiger partial charge in [0, 0.05) is 0 Å². The highest BCUT2D eigenvalue weighted by Crippen LogP contribution is 2.32. The normalized spacial score (nSPS) is 15.2. The standard InChI is InChI=1S/C22H28N2O5S/c1-5-19(24(30(4,26)27)18-9-6-15(2)7-10-18)22(25)23-16(3)17-8-11-20-21(14-17)29-13-12-28-20/h6-11,14,16,19H,5,12-13H2,1-4H3,(H,23,25)/t16-,19+/m1/s1. The lowest BCUT2D eigenvalue weighted by Gasteiger charge is -2.31. The number of ether oxygens (including phenoxy) is 2. The molecule has 1 aliphatic rings. The molecule has 0 bridgehead atoms. The van der Waals surface area contributed by atoms with Gasteiger partial charge in [-0.3, -0.25) is 9.10 Å². The van der Waals surface area contributed by atoms with E-state index in [1.165, 1.54) is 4.31 Å².